The molecule has 0 saturated carbocycles. The Labute approximate surface area is 163 Å². The van der Waals surface area contributed by atoms with Gasteiger partial charge in [0.1, 0.15) is 15.6 Å². The van der Waals surface area contributed by atoms with E-state index in [0.29, 0.717) is 11.4 Å². The molecular weight excluding hydrogens is 420 g/mol. The fourth-order valence-electron chi connectivity index (χ4n) is 2.37. The van der Waals surface area contributed by atoms with Crippen LogP contribution in [0.4, 0.5) is 0 Å². The van der Waals surface area contributed by atoms with E-state index in [9.17, 15) is 4.79 Å². The molecule has 3 aromatic rings. The first-order valence-electron chi connectivity index (χ1n) is 7.59. The highest BCUT2D eigenvalue weighted by Gasteiger charge is 2.20. The van der Waals surface area contributed by atoms with Crippen LogP contribution in [0.5, 0.6) is 5.75 Å². The Hall–Kier alpha value is -1.70. The maximum absolute atomic E-state index is 12.8. The number of aryl methyl sites for hydroxylation is 1. The Balaban J connectivity index is 1.79. The third kappa shape index (κ3) is 4.11. The number of halogens is 1. The first-order chi connectivity index (χ1) is 12.0. The molecule has 130 valence electrons. The second kappa shape index (κ2) is 7.68. The molecule has 0 aliphatic rings. The summed E-state index contributed by atoms with van der Waals surface area (Å²) in [6.45, 7) is 2.47. The molecule has 0 N–H and O–H groups in total. The molecule has 2 aromatic heterocycles. The molecular formula is C18H17BrN2O2S2. The minimum Gasteiger partial charge on any atom is -0.497 e. The van der Waals surface area contributed by atoms with E-state index >= 15 is 0 Å². The fraction of sp³-hybridized carbons (Fsp3) is 0.222. The number of carbonyl (C=O) groups excluding carboxylic acids is 1. The molecule has 1 aromatic carbocycles. The van der Waals surface area contributed by atoms with Crippen LogP contribution >= 0.6 is 38.6 Å². The highest BCUT2D eigenvalue weighted by atomic mass is 79.9. The molecule has 25 heavy (non-hydrogen) atoms. The van der Waals surface area contributed by atoms with Crippen molar-refractivity contribution >= 4 is 44.5 Å². The maximum atomic E-state index is 12.8. The zero-order valence-corrected chi connectivity index (χ0v) is 17.3. The van der Waals surface area contributed by atoms with Gasteiger partial charge in [-0.2, -0.15) is 0 Å². The largest absolute Gasteiger partial charge is 0.497 e. The van der Waals surface area contributed by atoms with Crippen molar-refractivity contribution in [1.82, 2.24) is 9.88 Å². The van der Waals surface area contributed by atoms with Gasteiger partial charge in [0.05, 0.1) is 23.1 Å². The summed E-state index contributed by atoms with van der Waals surface area (Å²) in [5, 5.41) is 0.843. The number of nitrogens with zero attached hydrogens (tertiary/aromatic N) is 2. The molecule has 1 amide bonds. The summed E-state index contributed by atoms with van der Waals surface area (Å²) in [5.41, 5.74) is 1.75. The lowest BCUT2D eigenvalue weighted by Crippen LogP contribution is -2.25. The number of thiazole rings is 1. The van der Waals surface area contributed by atoms with E-state index in [1.807, 2.05) is 50.4 Å². The van der Waals surface area contributed by atoms with Crippen molar-refractivity contribution in [3.63, 3.8) is 0 Å². The first-order valence-corrected chi connectivity index (χ1v) is 10.0. The summed E-state index contributed by atoms with van der Waals surface area (Å²) in [7, 11) is 3.46. The van der Waals surface area contributed by atoms with Crippen molar-refractivity contribution < 1.29 is 9.53 Å². The quantitative estimate of drug-likeness (QED) is 0.550. The summed E-state index contributed by atoms with van der Waals surface area (Å²) in [6.07, 6.45) is 0. The first kappa shape index (κ1) is 18.1. The average Bonchev–Trinajstić information content (AvgIpc) is 3.20. The molecule has 3 rings (SSSR count). The van der Waals surface area contributed by atoms with Crippen LogP contribution in [0, 0.1) is 6.92 Å². The standard InChI is InChI=1S/C18H17BrN2O2S2/c1-11-16(18(22)21(2)10-14-8-9-15(19)24-14)25-17(20-11)12-4-6-13(23-3)7-5-12/h4-9H,10H2,1-3H3. The molecule has 0 atom stereocenters. The number of hydrogen-bond acceptors (Lipinski definition) is 5. The van der Waals surface area contributed by atoms with Crippen LogP contribution in [-0.2, 0) is 6.54 Å². The lowest BCUT2D eigenvalue weighted by atomic mass is 10.2. The van der Waals surface area contributed by atoms with E-state index in [1.165, 1.54) is 11.3 Å². The zero-order chi connectivity index (χ0) is 18.0. The Bertz CT molecular complexity index is 887. The minimum atomic E-state index is -0.000663. The van der Waals surface area contributed by atoms with E-state index < -0.39 is 0 Å². The monoisotopic (exact) mass is 436 g/mol. The van der Waals surface area contributed by atoms with Crippen molar-refractivity contribution in [2.45, 2.75) is 13.5 Å². The van der Waals surface area contributed by atoms with E-state index in [-0.39, 0.29) is 5.91 Å². The number of rotatable bonds is 5. The molecule has 0 saturated heterocycles. The van der Waals surface area contributed by atoms with E-state index in [4.69, 9.17) is 4.74 Å². The van der Waals surface area contributed by atoms with Crippen LogP contribution < -0.4 is 4.74 Å². The summed E-state index contributed by atoms with van der Waals surface area (Å²) in [5.74, 6) is 0.800. The number of aromatic nitrogens is 1. The van der Waals surface area contributed by atoms with Crippen molar-refractivity contribution in [3.8, 4) is 16.3 Å². The predicted molar refractivity (Wildman–Crippen MR) is 107 cm³/mol. The summed E-state index contributed by atoms with van der Waals surface area (Å²) < 4.78 is 6.25. The van der Waals surface area contributed by atoms with E-state index in [0.717, 1.165) is 30.7 Å². The highest BCUT2D eigenvalue weighted by molar-refractivity contribution is 9.11. The molecule has 0 aliphatic heterocycles. The number of benzene rings is 1. The van der Waals surface area contributed by atoms with Crippen LogP contribution in [0.15, 0.2) is 40.2 Å². The molecule has 0 radical (unpaired) electrons. The normalized spacial score (nSPS) is 10.7. The Morgan fingerprint density at radius 2 is 1.92 bits per heavy atom. The van der Waals surface area contributed by atoms with Crippen molar-refractivity contribution in [2.75, 3.05) is 14.2 Å². The van der Waals surface area contributed by atoms with Gasteiger partial charge in [-0.1, -0.05) is 0 Å². The molecule has 4 nitrogen and oxygen atoms in total. The number of ether oxygens (including phenoxy) is 1. The van der Waals surface area contributed by atoms with Crippen LogP contribution in [0.25, 0.3) is 10.6 Å². The zero-order valence-electron chi connectivity index (χ0n) is 14.1. The number of methoxy groups -OCH3 is 1. The molecule has 0 spiro atoms. The Morgan fingerprint density at radius 3 is 2.52 bits per heavy atom. The van der Waals surface area contributed by atoms with Crippen molar-refractivity contribution in [2.24, 2.45) is 0 Å². The van der Waals surface area contributed by atoms with Gasteiger partial charge in [-0.05, 0) is 59.3 Å². The summed E-state index contributed by atoms with van der Waals surface area (Å²) in [4.78, 5) is 20.9. The van der Waals surface area contributed by atoms with Gasteiger partial charge in [-0.3, -0.25) is 4.79 Å². The van der Waals surface area contributed by atoms with Gasteiger partial charge < -0.3 is 9.64 Å². The SMILES string of the molecule is COc1ccc(-c2nc(C)c(C(=O)N(C)Cc3ccc(Br)s3)s2)cc1. The topological polar surface area (TPSA) is 42.4 Å². The van der Waals surface area contributed by atoms with Crippen molar-refractivity contribution in [1.29, 1.82) is 0 Å². The van der Waals surface area contributed by atoms with Crippen LogP contribution in [-0.4, -0.2) is 29.9 Å². The number of thiophene rings is 1. The highest BCUT2D eigenvalue weighted by Crippen LogP contribution is 2.30. The minimum absolute atomic E-state index is 0.000663. The molecule has 0 fully saturated rings. The van der Waals surface area contributed by atoms with Gasteiger partial charge in [0, 0.05) is 17.5 Å². The third-order valence-electron chi connectivity index (χ3n) is 3.70. The van der Waals surface area contributed by atoms with Gasteiger partial charge in [-0.15, -0.1) is 22.7 Å². The van der Waals surface area contributed by atoms with E-state index in [2.05, 4.69) is 20.9 Å². The lowest BCUT2D eigenvalue weighted by molar-refractivity contribution is 0.0790. The third-order valence-corrected chi connectivity index (χ3v) is 6.50. The van der Waals surface area contributed by atoms with Gasteiger partial charge in [0.25, 0.3) is 5.91 Å². The lowest BCUT2D eigenvalue weighted by Gasteiger charge is -2.15. The summed E-state index contributed by atoms with van der Waals surface area (Å²) in [6, 6.07) is 11.7. The van der Waals surface area contributed by atoms with Gasteiger partial charge in [0.15, 0.2) is 0 Å². The van der Waals surface area contributed by atoms with Gasteiger partial charge in [0.2, 0.25) is 0 Å². The number of hydrogen-bond donors (Lipinski definition) is 0. The maximum Gasteiger partial charge on any atom is 0.265 e. The smallest absolute Gasteiger partial charge is 0.265 e. The van der Waals surface area contributed by atoms with Gasteiger partial charge in [-0.25, -0.2) is 4.98 Å². The summed E-state index contributed by atoms with van der Waals surface area (Å²) >= 11 is 6.52. The molecule has 0 unspecified atom stereocenters. The second-order valence-electron chi connectivity index (χ2n) is 5.53. The fourth-order valence-corrected chi connectivity index (χ4v) is 4.97. The molecule has 0 bridgehead atoms. The van der Waals surface area contributed by atoms with Crippen LogP contribution in [0.2, 0.25) is 0 Å². The average molecular weight is 437 g/mol. The number of carbonyl (C=O) groups is 1. The predicted octanol–water partition coefficient (Wildman–Crippen LogP) is 5.22. The Morgan fingerprint density at radius 1 is 1.20 bits per heavy atom. The number of amides is 1. The molecule has 0 aliphatic carbocycles. The van der Waals surface area contributed by atoms with Gasteiger partial charge >= 0.3 is 0 Å². The van der Waals surface area contributed by atoms with Crippen molar-refractivity contribution in [3.05, 3.63) is 55.6 Å². The Kier molecular flexibility index (Phi) is 5.56. The van der Waals surface area contributed by atoms with Crippen LogP contribution in [0.3, 0.4) is 0 Å². The van der Waals surface area contributed by atoms with Crippen LogP contribution in [0.1, 0.15) is 20.2 Å². The molecule has 7 heteroatoms. The molecule has 2 heterocycles. The van der Waals surface area contributed by atoms with E-state index in [1.54, 1.807) is 23.3 Å². The second-order valence-corrected chi connectivity index (χ2v) is 9.08.